The van der Waals surface area contributed by atoms with Gasteiger partial charge in [-0.3, -0.25) is 0 Å². The van der Waals surface area contributed by atoms with Gasteiger partial charge < -0.3 is 19.1 Å². The molecule has 0 amide bonds. The van der Waals surface area contributed by atoms with Crippen molar-refractivity contribution in [2.24, 2.45) is 0 Å². The van der Waals surface area contributed by atoms with Gasteiger partial charge in [0.2, 0.25) is 0 Å². The summed E-state index contributed by atoms with van der Waals surface area (Å²) in [5.74, 6) is 2.10. The summed E-state index contributed by atoms with van der Waals surface area (Å²) in [4.78, 5) is 9.50. The summed E-state index contributed by atoms with van der Waals surface area (Å²) in [6, 6.07) is 51.8. The fourth-order valence-electron chi connectivity index (χ4n) is 8.96. The molecule has 3 heterocycles. The summed E-state index contributed by atoms with van der Waals surface area (Å²) in [6.07, 6.45) is 1.91. The van der Waals surface area contributed by atoms with Crippen LogP contribution in [0.2, 0.25) is 0 Å². The van der Waals surface area contributed by atoms with Gasteiger partial charge in [-0.05, 0) is 108 Å². The van der Waals surface area contributed by atoms with Crippen molar-refractivity contribution in [2.75, 3.05) is 9.80 Å². The molecule has 6 aromatic carbocycles. The average molecular weight is 1080 g/mol. The Balaban J connectivity index is 0.00000625. The summed E-state index contributed by atoms with van der Waals surface area (Å²) in [5, 5.41) is 2.24. The van der Waals surface area contributed by atoms with E-state index in [-0.39, 0.29) is 48.1 Å². The van der Waals surface area contributed by atoms with Crippen LogP contribution in [0, 0.1) is 18.8 Å². The fourth-order valence-corrected chi connectivity index (χ4v) is 8.96. The molecule has 2 aromatic heterocycles. The van der Waals surface area contributed by atoms with Gasteiger partial charge in [-0.15, -0.1) is 53.6 Å². The molecule has 0 spiro atoms. The van der Waals surface area contributed by atoms with E-state index >= 15 is 0 Å². The van der Waals surface area contributed by atoms with Gasteiger partial charge in [0.15, 0.2) is 0 Å². The van der Waals surface area contributed by atoms with Gasteiger partial charge in [0, 0.05) is 61.3 Å². The minimum Gasteiger partial charge on any atom is -0.509 e. The van der Waals surface area contributed by atoms with Gasteiger partial charge in [-0.2, -0.15) is 6.07 Å². The Kier molecular flexibility index (Phi) is 12.5. The molecule has 0 atom stereocenters. The quantitative estimate of drug-likeness (QED) is 0.155. The molecule has 1 aliphatic heterocycles. The number of nitrogens with zero attached hydrogens (tertiary/aromatic N) is 4. The molecule has 0 unspecified atom stereocenters. The molecular weight excluding hydrogens is 1010 g/mol. The number of fused-ring (bicyclic) bond motifs is 4. The monoisotopic (exact) mass is 1080 g/mol. The summed E-state index contributed by atoms with van der Waals surface area (Å²) in [5.41, 5.74) is 14.7. The molecule has 0 saturated heterocycles. The molecule has 0 saturated carbocycles. The summed E-state index contributed by atoms with van der Waals surface area (Å²) in [6.45, 7) is 36.5. The molecule has 1 aliphatic rings. The maximum absolute atomic E-state index is 6.87. The number of rotatable bonds is 6. The standard InChI is InChI=1S/C62H67N4O.Pt/c1-58(2,3)42-26-27-63-57(36-42)66-53-21-17-16-20-51(53)52-25-24-49(38-56(52)66)67-50-35-46(62(13,14)15)34-48(37-50)65-39-64(54-22-18-19-23-55(54)65)47-31-41(30-45(33-47)61(10,11)12)40-28-43(59(4,5)6)32-44(29-40)60(7,8)9;/h16-36,39H,1-15H3;/q-3;. The molecule has 0 aliphatic carbocycles. The summed E-state index contributed by atoms with van der Waals surface area (Å²) >= 11 is 0. The van der Waals surface area contributed by atoms with E-state index in [1.54, 1.807) is 0 Å². The molecule has 9 rings (SSSR count). The van der Waals surface area contributed by atoms with Crippen molar-refractivity contribution < 1.29 is 25.8 Å². The first-order chi connectivity index (χ1) is 31.3. The van der Waals surface area contributed by atoms with Gasteiger partial charge in [-0.1, -0.05) is 164 Å². The Morgan fingerprint density at radius 2 is 1.01 bits per heavy atom. The van der Waals surface area contributed by atoms with Crippen LogP contribution in [0.1, 0.15) is 132 Å². The first kappa shape index (κ1) is 48.8. The Hall–Kier alpha value is -5.64. The predicted octanol–water partition coefficient (Wildman–Crippen LogP) is 17.1. The van der Waals surface area contributed by atoms with Crippen LogP contribution < -0.4 is 14.5 Å². The fraction of sp³-hybridized carbons (Fsp3) is 0.323. The molecule has 354 valence electrons. The Bertz CT molecular complexity index is 3150. The molecule has 6 heteroatoms. The third-order valence-electron chi connectivity index (χ3n) is 13.3. The van der Waals surface area contributed by atoms with Crippen LogP contribution in [0.3, 0.4) is 0 Å². The van der Waals surface area contributed by atoms with Crippen molar-refractivity contribution in [3.63, 3.8) is 0 Å². The first-order valence-corrected chi connectivity index (χ1v) is 23.9. The minimum absolute atomic E-state index is 0. The minimum atomic E-state index is -0.172. The predicted molar refractivity (Wildman–Crippen MR) is 283 cm³/mol. The van der Waals surface area contributed by atoms with Crippen LogP contribution in [-0.4, -0.2) is 9.55 Å². The van der Waals surface area contributed by atoms with Crippen molar-refractivity contribution in [1.29, 1.82) is 0 Å². The second-order valence-electron chi connectivity index (χ2n) is 23.7. The van der Waals surface area contributed by atoms with Crippen LogP contribution in [0.4, 0.5) is 22.7 Å². The van der Waals surface area contributed by atoms with Gasteiger partial charge in [-0.25, -0.2) is 4.98 Å². The number of anilines is 4. The Morgan fingerprint density at radius 1 is 0.471 bits per heavy atom. The summed E-state index contributed by atoms with van der Waals surface area (Å²) < 4.78 is 9.08. The van der Waals surface area contributed by atoms with E-state index in [0.717, 1.165) is 55.9 Å². The van der Waals surface area contributed by atoms with Crippen molar-refractivity contribution in [1.82, 2.24) is 9.55 Å². The third-order valence-corrected chi connectivity index (χ3v) is 13.3. The van der Waals surface area contributed by atoms with Crippen LogP contribution in [0.15, 0.2) is 128 Å². The van der Waals surface area contributed by atoms with Gasteiger partial charge in [0.1, 0.15) is 5.82 Å². The first-order valence-electron chi connectivity index (χ1n) is 23.9. The number of aromatic nitrogens is 2. The second-order valence-corrected chi connectivity index (χ2v) is 23.7. The number of ether oxygens (including phenoxy) is 1. The van der Waals surface area contributed by atoms with Crippen LogP contribution in [0.5, 0.6) is 11.5 Å². The van der Waals surface area contributed by atoms with Crippen LogP contribution in [0.25, 0.3) is 38.8 Å². The average Bonchev–Trinajstić information content (AvgIpc) is 3.81. The van der Waals surface area contributed by atoms with E-state index in [1.807, 2.05) is 12.3 Å². The smallest absolute Gasteiger partial charge is 0.135 e. The van der Waals surface area contributed by atoms with E-state index in [9.17, 15) is 0 Å². The molecule has 5 nitrogen and oxygen atoms in total. The zero-order chi connectivity index (χ0) is 48.0. The van der Waals surface area contributed by atoms with Gasteiger partial charge in [0.25, 0.3) is 0 Å². The number of pyridine rings is 1. The van der Waals surface area contributed by atoms with E-state index in [1.165, 1.54) is 33.4 Å². The third kappa shape index (κ3) is 9.53. The normalized spacial score (nSPS) is 13.6. The number of para-hydroxylation sites is 3. The number of hydrogen-bond acceptors (Lipinski definition) is 4. The molecule has 8 aromatic rings. The van der Waals surface area contributed by atoms with Crippen LogP contribution in [-0.2, 0) is 48.1 Å². The van der Waals surface area contributed by atoms with E-state index in [2.05, 4.69) is 252 Å². The van der Waals surface area contributed by atoms with Crippen molar-refractivity contribution in [3.8, 4) is 28.4 Å². The van der Waals surface area contributed by atoms with E-state index < -0.39 is 0 Å². The topological polar surface area (TPSA) is 33.5 Å². The SMILES string of the molecule is CC(C)(C)c1cc(Oc2[c-]c3c(cc2)c2ccccc2n3-c2cc(C(C)(C)C)ccn2)[c-]c(N2[CH-]N(c3cc(-c4cc(C(C)(C)C)cc(C(C)(C)C)c4)cc(C(C)(C)C)c3)c3ccccc32)c1.[Pt]. The maximum Gasteiger partial charge on any atom is 0.135 e. The Morgan fingerprint density at radius 3 is 1.63 bits per heavy atom. The Labute approximate surface area is 420 Å². The van der Waals surface area contributed by atoms with Crippen molar-refractivity contribution in [3.05, 3.63) is 174 Å². The van der Waals surface area contributed by atoms with E-state index in [4.69, 9.17) is 9.72 Å². The van der Waals surface area contributed by atoms with Crippen molar-refractivity contribution in [2.45, 2.75) is 131 Å². The molecule has 68 heavy (non-hydrogen) atoms. The maximum atomic E-state index is 6.87. The zero-order valence-electron chi connectivity index (χ0n) is 42.7. The molecule has 0 fully saturated rings. The van der Waals surface area contributed by atoms with Gasteiger partial charge in [0.05, 0.1) is 0 Å². The van der Waals surface area contributed by atoms with Crippen molar-refractivity contribution >= 4 is 44.6 Å². The number of benzene rings is 6. The molecule has 0 radical (unpaired) electrons. The number of hydrogen-bond donors (Lipinski definition) is 0. The molecular formula is C62H67N4OPt-3. The largest absolute Gasteiger partial charge is 0.509 e. The van der Waals surface area contributed by atoms with Gasteiger partial charge >= 0.3 is 0 Å². The molecule has 0 bridgehead atoms. The second kappa shape index (κ2) is 17.4. The summed E-state index contributed by atoms with van der Waals surface area (Å²) in [7, 11) is 0. The van der Waals surface area contributed by atoms with Crippen LogP contribution >= 0.6 is 0 Å². The molecule has 0 N–H and O–H groups in total. The van der Waals surface area contributed by atoms with E-state index in [0.29, 0.717) is 11.5 Å². The zero-order valence-corrected chi connectivity index (χ0v) is 45.0.